The van der Waals surface area contributed by atoms with Crippen LogP contribution in [0.15, 0.2) is 23.4 Å². The van der Waals surface area contributed by atoms with Gasteiger partial charge < -0.3 is 14.8 Å². The number of carboxylic acid groups (broad SMARTS) is 1. The summed E-state index contributed by atoms with van der Waals surface area (Å²) < 4.78 is 6.99. The number of aryl methyl sites for hydroxylation is 1. The fourth-order valence-corrected chi connectivity index (χ4v) is 3.28. The summed E-state index contributed by atoms with van der Waals surface area (Å²) in [4.78, 5) is 11.2. The van der Waals surface area contributed by atoms with E-state index in [0.717, 1.165) is 5.56 Å². The van der Waals surface area contributed by atoms with Crippen LogP contribution in [-0.2, 0) is 13.5 Å². The van der Waals surface area contributed by atoms with Gasteiger partial charge in [0.25, 0.3) is 0 Å². The quantitative estimate of drug-likeness (QED) is 0.618. The van der Waals surface area contributed by atoms with E-state index in [-0.39, 0.29) is 17.1 Å². The number of thioether (sulfide) groups is 1. The molecule has 8 nitrogen and oxygen atoms in total. The van der Waals surface area contributed by atoms with Crippen molar-refractivity contribution >= 4 is 24.8 Å². The molecule has 0 spiro atoms. The normalized spacial score (nSPS) is 17.0. The molecule has 1 atom stereocenters. The van der Waals surface area contributed by atoms with Crippen molar-refractivity contribution in [2.75, 3.05) is 5.75 Å². The summed E-state index contributed by atoms with van der Waals surface area (Å²) in [5.74, 6) is -0.420. The van der Waals surface area contributed by atoms with Gasteiger partial charge in [-0.15, -0.1) is 5.10 Å². The summed E-state index contributed by atoms with van der Waals surface area (Å²) in [5, 5.41) is 31.1. The summed E-state index contributed by atoms with van der Waals surface area (Å²) in [5.41, 5.74) is 0.854. The minimum absolute atomic E-state index is 0.0696. The predicted molar refractivity (Wildman–Crippen MR) is 79.0 cm³/mol. The molecule has 0 bridgehead atoms. The molecule has 1 aliphatic heterocycles. The van der Waals surface area contributed by atoms with Crippen molar-refractivity contribution in [3.05, 3.63) is 29.3 Å². The third-order valence-electron chi connectivity index (χ3n) is 3.46. The van der Waals surface area contributed by atoms with Gasteiger partial charge in [-0.05, 0) is 28.5 Å². The number of aromatic nitrogens is 4. The lowest BCUT2D eigenvalue weighted by Gasteiger charge is -2.27. The number of aromatic carboxylic acids is 1. The second-order valence-corrected chi connectivity index (χ2v) is 5.95. The van der Waals surface area contributed by atoms with E-state index >= 15 is 0 Å². The number of nitrogens with zero attached hydrogens (tertiary/aromatic N) is 4. The van der Waals surface area contributed by atoms with E-state index in [9.17, 15) is 9.82 Å². The van der Waals surface area contributed by atoms with Crippen LogP contribution < -0.4 is 4.65 Å². The van der Waals surface area contributed by atoms with Crippen molar-refractivity contribution in [2.24, 2.45) is 7.05 Å². The van der Waals surface area contributed by atoms with E-state index in [2.05, 4.69) is 15.5 Å². The summed E-state index contributed by atoms with van der Waals surface area (Å²) in [6.45, 7) is 0. The van der Waals surface area contributed by atoms with Gasteiger partial charge in [-0.25, -0.2) is 9.48 Å². The average Bonchev–Trinajstić information content (AvgIpc) is 2.89. The van der Waals surface area contributed by atoms with Gasteiger partial charge >= 0.3 is 13.1 Å². The van der Waals surface area contributed by atoms with Crippen molar-refractivity contribution in [1.29, 1.82) is 0 Å². The molecule has 1 aromatic carbocycles. The number of hydrogen-bond acceptors (Lipinski definition) is 7. The molecular formula is C12H13BN4O4S. The van der Waals surface area contributed by atoms with Crippen LogP contribution in [0.5, 0.6) is 5.75 Å². The molecule has 10 heteroatoms. The standard InChI is InChI=1S/C12H13BN4O4S/c1-17-12(14-15-16-17)22-6-8-5-7-3-2-4-9(11(18)19)10(7)21-13(8)20/h2-4,8,20H,5-6H2,1H3,(H,18,19)/t8-/m1/s1. The largest absolute Gasteiger partial charge is 0.535 e. The first kappa shape index (κ1) is 14.9. The Bertz CT molecular complexity index is 710. The monoisotopic (exact) mass is 320 g/mol. The Morgan fingerprint density at radius 1 is 1.59 bits per heavy atom. The fraction of sp³-hybridized carbons (Fsp3) is 0.333. The highest BCUT2D eigenvalue weighted by molar-refractivity contribution is 7.99. The van der Waals surface area contributed by atoms with Crippen molar-refractivity contribution in [3.63, 3.8) is 0 Å². The predicted octanol–water partition coefficient (Wildman–Crippen LogP) is 0.486. The molecule has 0 radical (unpaired) electrons. The third-order valence-corrected chi connectivity index (χ3v) is 4.66. The zero-order valence-electron chi connectivity index (χ0n) is 11.7. The number of benzene rings is 1. The Labute approximate surface area is 130 Å². The minimum atomic E-state index is -1.07. The van der Waals surface area contributed by atoms with E-state index in [1.807, 2.05) is 6.07 Å². The van der Waals surface area contributed by atoms with Crippen LogP contribution >= 0.6 is 11.8 Å². The highest BCUT2D eigenvalue weighted by Crippen LogP contribution is 2.36. The SMILES string of the molecule is Cn1nnnc1SC[C@H]1Cc2cccc(C(=O)O)c2OB1O. The molecule has 0 unspecified atom stereocenters. The Balaban J connectivity index is 1.76. The van der Waals surface area contributed by atoms with Crippen LogP contribution in [0.3, 0.4) is 0 Å². The molecular weight excluding hydrogens is 307 g/mol. The van der Waals surface area contributed by atoms with E-state index < -0.39 is 13.1 Å². The van der Waals surface area contributed by atoms with Crippen molar-refractivity contribution in [2.45, 2.75) is 17.4 Å². The van der Waals surface area contributed by atoms with Crippen molar-refractivity contribution in [3.8, 4) is 5.75 Å². The molecule has 2 heterocycles. The number of fused-ring (bicyclic) bond motifs is 1. The van der Waals surface area contributed by atoms with Crippen LogP contribution in [0.1, 0.15) is 15.9 Å². The average molecular weight is 320 g/mol. The smallest absolute Gasteiger partial charge is 0.527 e. The molecule has 0 aliphatic carbocycles. The maximum absolute atomic E-state index is 11.2. The Morgan fingerprint density at radius 2 is 2.41 bits per heavy atom. The molecule has 114 valence electrons. The van der Waals surface area contributed by atoms with Gasteiger partial charge in [-0.3, -0.25) is 0 Å². The number of tetrazole rings is 1. The Morgan fingerprint density at radius 3 is 3.09 bits per heavy atom. The summed E-state index contributed by atoms with van der Waals surface area (Å²) in [6, 6.07) is 4.96. The molecule has 0 fully saturated rings. The summed E-state index contributed by atoms with van der Waals surface area (Å²) in [6.07, 6.45) is 0.538. The molecule has 0 saturated heterocycles. The lowest BCUT2D eigenvalue weighted by atomic mass is 9.68. The van der Waals surface area contributed by atoms with E-state index in [1.54, 1.807) is 17.8 Å². The highest BCUT2D eigenvalue weighted by Gasteiger charge is 2.36. The zero-order valence-corrected chi connectivity index (χ0v) is 12.5. The molecule has 2 aromatic rings. The number of para-hydroxylation sites is 1. The third kappa shape index (κ3) is 2.79. The lowest BCUT2D eigenvalue weighted by Crippen LogP contribution is -2.36. The van der Waals surface area contributed by atoms with E-state index in [0.29, 0.717) is 17.3 Å². The van der Waals surface area contributed by atoms with Crippen LogP contribution in [0.2, 0.25) is 5.82 Å². The number of carboxylic acids is 1. The van der Waals surface area contributed by atoms with Gasteiger partial charge in [0.1, 0.15) is 5.75 Å². The fourth-order valence-electron chi connectivity index (χ4n) is 2.32. The Kier molecular flexibility index (Phi) is 4.03. The summed E-state index contributed by atoms with van der Waals surface area (Å²) in [7, 11) is 0.687. The zero-order chi connectivity index (χ0) is 15.7. The number of rotatable bonds is 4. The van der Waals surface area contributed by atoms with E-state index in [4.69, 9.17) is 9.76 Å². The first-order valence-electron chi connectivity index (χ1n) is 6.61. The number of carbonyl (C=O) groups is 1. The maximum Gasteiger partial charge on any atom is 0.527 e. The highest BCUT2D eigenvalue weighted by atomic mass is 32.2. The molecule has 0 saturated carbocycles. The molecule has 22 heavy (non-hydrogen) atoms. The first-order chi connectivity index (χ1) is 10.6. The van der Waals surface area contributed by atoms with Gasteiger partial charge in [0.05, 0.1) is 5.56 Å². The molecule has 2 N–H and O–H groups in total. The van der Waals surface area contributed by atoms with Gasteiger partial charge in [-0.1, -0.05) is 23.9 Å². The summed E-state index contributed by atoms with van der Waals surface area (Å²) >= 11 is 1.42. The van der Waals surface area contributed by atoms with Crippen LogP contribution in [0.4, 0.5) is 0 Å². The van der Waals surface area contributed by atoms with Crippen molar-refractivity contribution < 1.29 is 19.6 Å². The number of hydrogen-bond donors (Lipinski definition) is 2. The van der Waals surface area contributed by atoms with Gasteiger partial charge in [0.2, 0.25) is 5.16 Å². The van der Waals surface area contributed by atoms with Gasteiger partial charge in [0, 0.05) is 18.6 Å². The second-order valence-electron chi connectivity index (χ2n) is 4.97. The molecule has 1 aromatic heterocycles. The van der Waals surface area contributed by atoms with E-state index in [1.165, 1.54) is 17.8 Å². The van der Waals surface area contributed by atoms with Gasteiger partial charge in [0.15, 0.2) is 0 Å². The molecule has 3 rings (SSSR count). The van der Waals surface area contributed by atoms with Gasteiger partial charge in [-0.2, -0.15) is 0 Å². The maximum atomic E-state index is 11.2. The molecule has 1 aliphatic rings. The van der Waals surface area contributed by atoms with Crippen LogP contribution in [0, 0.1) is 0 Å². The topological polar surface area (TPSA) is 110 Å². The Hall–Kier alpha value is -2.07. The molecule has 0 amide bonds. The first-order valence-corrected chi connectivity index (χ1v) is 7.60. The second kappa shape index (κ2) is 5.97. The lowest BCUT2D eigenvalue weighted by molar-refractivity contribution is 0.0694. The van der Waals surface area contributed by atoms with Crippen LogP contribution in [-0.4, -0.2) is 49.2 Å². The van der Waals surface area contributed by atoms with Crippen LogP contribution in [0.25, 0.3) is 0 Å². The van der Waals surface area contributed by atoms with Crippen molar-refractivity contribution in [1.82, 2.24) is 20.2 Å². The minimum Gasteiger partial charge on any atom is -0.535 e.